The highest BCUT2D eigenvalue weighted by atomic mass is 16.1. The highest BCUT2D eigenvalue weighted by molar-refractivity contribution is 6.08. The Morgan fingerprint density at radius 1 is 1.30 bits per heavy atom. The fourth-order valence-electron chi connectivity index (χ4n) is 2.62. The molecule has 0 atom stereocenters. The largest absolute Gasteiger partial charge is 0.301 e. The third-order valence-electron chi connectivity index (χ3n) is 3.55. The number of nitrogens with zero attached hydrogens (tertiary/aromatic N) is 4. The molecule has 0 radical (unpaired) electrons. The molecule has 20 heavy (non-hydrogen) atoms. The number of aromatic nitrogens is 4. The van der Waals surface area contributed by atoms with E-state index in [1.165, 1.54) is 0 Å². The molecule has 0 fully saturated rings. The Kier molecular flexibility index (Phi) is 2.78. The first kappa shape index (κ1) is 12.7. The molecule has 0 aliphatic heterocycles. The van der Waals surface area contributed by atoms with Gasteiger partial charge < -0.3 is 4.40 Å². The van der Waals surface area contributed by atoms with Gasteiger partial charge in [0.1, 0.15) is 17.0 Å². The van der Waals surface area contributed by atoms with Gasteiger partial charge in [0.05, 0.1) is 17.5 Å². The first-order chi connectivity index (χ1) is 9.52. The number of carbonyl (C=O) groups excluding carboxylic acids is 1. The summed E-state index contributed by atoms with van der Waals surface area (Å²) in [6.45, 7) is 7.39. The molecule has 5 nitrogen and oxygen atoms in total. The molecule has 0 N–H and O–H groups in total. The Hall–Kier alpha value is -2.30. The van der Waals surface area contributed by atoms with Crippen molar-refractivity contribution in [3.05, 3.63) is 35.3 Å². The van der Waals surface area contributed by atoms with E-state index in [9.17, 15) is 4.79 Å². The molecule has 0 aliphatic rings. The van der Waals surface area contributed by atoms with Gasteiger partial charge >= 0.3 is 0 Å². The van der Waals surface area contributed by atoms with E-state index >= 15 is 0 Å². The third-order valence-corrected chi connectivity index (χ3v) is 3.55. The maximum absolute atomic E-state index is 11.9. The van der Waals surface area contributed by atoms with Crippen LogP contribution in [0.1, 0.15) is 41.5 Å². The second kappa shape index (κ2) is 4.37. The lowest BCUT2D eigenvalue weighted by Crippen LogP contribution is -2.05. The van der Waals surface area contributed by atoms with Crippen molar-refractivity contribution in [2.24, 2.45) is 0 Å². The van der Waals surface area contributed by atoms with Gasteiger partial charge in [-0.05, 0) is 26.3 Å². The van der Waals surface area contributed by atoms with Crippen LogP contribution in [0.25, 0.3) is 16.4 Å². The lowest BCUT2D eigenvalue weighted by atomic mass is 10.1. The third kappa shape index (κ3) is 1.70. The molecule has 0 aromatic carbocycles. The van der Waals surface area contributed by atoms with E-state index in [1.807, 2.05) is 30.6 Å². The van der Waals surface area contributed by atoms with Gasteiger partial charge in [-0.15, -0.1) is 0 Å². The van der Waals surface area contributed by atoms with Crippen molar-refractivity contribution >= 4 is 22.2 Å². The topological polar surface area (TPSA) is 60.2 Å². The highest BCUT2D eigenvalue weighted by Crippen LogP contribution is 2.25. The summed E-state index contributed by atoms with van der Waals surface area (Å²) in [6.07, 6.45) is 2.67. The van der Waals surface area contributed by atoms with Crippen LogP contribution in [0, 0.1) is 13.8 Å². The minimum Gasteiger partial charge on any atom is -0.301 e. The second-order valence-electron chi connectivity index (χ2n) is 4.98. The number of rotatable bonds is 2. The van der Waals surface area contributed by atoms with Crippen LogP contribution in [0.3, 0.4) is 0 Å². The Morgan fingerprint density at radius 3 is 2.70 bits per heavy atom. The van der Waals surface area contributed by atoms with Crippen LogP contribution in [0.5, 0.6) is 0 Å². The predicted molar refractivity (Wildman–Crippen MR) is 77.1 cm³/mol. The van der Waals surface area contributed by atoms with Gasteiger partial charge in [-0.1, -0.05) is 6.92 Å². The molecule has 0 saturated carbocycles. The van der Waals surface area contributed by atoms with Gasteiger partial charge in [-0.3, -0.25) is 4.79 Å². The van der Waals surface area contributed by atoms with E-state index < -0.39 is 0 Å². The molecule has 0 aliphatic carbocycles. The molecule has 0 unspecified atom stereocenters. The predicted octanol–water partition coefficient (Wildman–Crippen LogP) is 2.66. The summed E-state index contributed by atoms with van der Waals surface area (Å²) >= 11 is 0. The molecule has 0 amide bonds. The molecule has 3 heterocycles. The minimum atomic E-state index is -0.0379. The van der Waals surface area contributed by atoms with E-state index in [2.05, 4.69) is 21.9 Å². The molecule has 0 bridgehead atoms. The number of Topliss-reactive ketones (excluding diaryl/α,β-unsaturated/α-hetero) is 1. The molecule has 3 aromatic heterocycles. The summed E-state index contributed by atoms with van der Waals surface area (Å²) in [5.74, 6) is 0.568. The fraction of sp³-hybridized carbons (Fsp3) is 0.333. The zero-order valence-corrected chi connectivity index (χ0v) is 12.1. The van der Waals surface area contributed by atoms with Crippen molar-refractivity contribution < 1.29 is 4.79 Å². The highest BCUT2D eigenvalue weighted by Gasteiger charge is 2.16. The van der Waals surface area contributed by atoms with Crippen molar-refractivity contribution in [1.82, 2.24) is 19.4 Å². The normalized spacial score (nSPS) is 11.4. The standard InChI is InChI=1S/C15H16N4O/c1-5-11-6-12-13(9(3)20)17-10(4)18-14(12)15-8(2)16-7-19(11)15/h6-7H,5H2,1-4H3. The molecule has 0 spiro atoms. The Labute approximate surface area is 116 Å². The van der Waals surface area contributed by atoms with Crippen molar-refractivity contribution in [2.75, 3.05) is 0 Å². The van der Waals surface area contributed by atoms with Gasteiger partial charge in [-0.2, -0.15) is 0 Å². The molecule has 102 valence electrons. The van der Waals surface area contributed by atoms with Crippen molar-refractivity contribution in [3.8, 4) is 0 Å². The second-order valence-corrected chi connectivity index (χ2v) is 4.98. The number of ketones is 1. The Balaban J connectivity index is 2.60. The van der Waals surface area contributed by atoms with E-state index in [-0.39, 0.29) is 5.78 Å². The van der Waals surface area contributed by atoms with Crippen molar-refractivity contribution in [1.29, 1.82) is 0 Å². The maximum atomic E-state index is 11.9. The van der Waals surface area contributed by atoms with Crippen LogP contribution in [0.15, 0.2) is 12.4 Å². The number of carbonyl (C=O) groups is 1. The lowest BCUT2D eigenvalue weighted by Gasteiger charge is -2.10. The van der Waals surface area contributed by atoms with Crippen molar-refractivity contribution in [2.45, 2.75) is 34.1 Å². The first-order valence-electron chi connectivity index (χ1n) is 6.67. The van der Waals surface area contributed by atoms with Gasteiger partial charge in [0, 0.05) is 18.0 Å². The molecular formula is C15H16N4O. The van der Waals surface area contributed by atoms with Crippen LogP contribution in [-0.4, -0.2) is 25.1 Å². The first-order valence-corrected chi connectivity index (χ1v) is 6.67. The summed E-state index contributed by atoms with van der Waals surface area (Å²) in [5, 5.41) is 0.816. The monoisotopic (exact) mass is 268 g/mol. The van der Waals surface area contributed by atoms with Crippen LogP contribution in [0.4, 0.5) is 0 Å². The van der Waals surface area contributed by atoms with Crippen LogP contribution >= 0.6 is 0 Å². The quantitative estimate of drug-likeness (QED) is 0.670. The summed E-state index contributed by atoms with van der Waals surface area (Å²) in [5.41, 5.74) is 4.27. The average molecular weight is 268 g/mol. The van der Waals surface area contributed by atoms with Gasteiger partial charge in [0.2, 0.25) is 0 Å². The maximum Gasteiger partial charge on any atom is 0.178 e. The number of fused-ring (bicyclic) bond motifs is 3. The number of hydrogen-bond donors (Lipinski definition) is 0. The summed E-state index contributed by atoms with van der Waals surface area (Å²) in [4.78, 5) is 25.1. The van der Waals surface area contributed by atoms with E-state index in [0.29, 0.717) is 11.5 Å². The van der Waals surface area contributed by atoms with E-state index in [0.717, 1.165) is 34.2 Å². The molecule has 3 aromatic rings. The average Bonchev–Trinajstić information content (AvgIpc) is 2.79. The minimum absolute atomic E-state index is 0.0379. The number of imidazole rings is 1. The molecular weight excluding hydrogens is 252 g/mol. The zero-order chi connectivity index (χ0) is 14.4. The fourth-order valence-corrected chi connectivity index (χ4v) is 2.62. The summed E-state index contributed by atoms with van der Waals surface area (Å²) < 4.78 is 2.05. The van der Waals surface area contributed by atoms with Gasteiger partial charge in [0.15, 0.2) is 5.78 Å². The molecule has 0 saturated heterocycles. The van der Waals surface area contributed by atoms with E-state index in [1.54, 1.807) is 6.92 Å². The molecule has 3 rings (SSSR count). The van der Waals surface area contributed by atoms with Gasteiger partial charge in [-0.25, -0.2) is 15.0 Å². The number of aryl methyl sites for hydroxylation is 3. The van der Waals surface area contributed by atoms with Crippen molar-refractivity contribution in [3.63, 3.8) is 0 Å². The van der Waals surface area contributed by atoms with Crippen LogP contribution in [-0.2, 0) is 6.42 Å². The van der Waals surface area contributed by atoms with E-state index in [4.69, 9.17) is 0 Å². The summed E-state index contributed by atoms with van der Waals surface area (Å²) in [6, 6.07) is 2.00. The van der Waals surface area contributed by atoms with Gasteiger partial charge in [0.25, 0.3) is 0 Å². The summed E-state index contributed by atoms with van der Waals surface area (Å²) in [7, 11) is 0. The SMILES string of the molecule is CCc1cc2c(C(C)=O)nc(C)nc2c2c(C)ncn12. The lowest BCUT2D eigenvalue weighted by molar-refractivity contribution is 0.101. The Morgan fingerprint density at radius 2 is 2.05 bits per heavy atom. The van der Waals surface area contributed by atoms with Crippen LogP contribution < -0.4 is 0 Å². The molecule has 5 heteroatoms. The number of hydrogen-bond acceptors (Lipinski definition) is 4. The Bertz CT molecular complexity index is 848. The zero-order valence-electron chi connectivity index (χ0n) is 12.1. The van der Waals surface area contributed by atoms with Crippen LogP contribution in [0.2, 0.25) is 0 Å². The smallest absolute Gasteiger partial charge is 0.178 e. The number of pyridine rings is 1.